The molecule has 2 aromatic carbocycles. The van der Waals surface area contributed by atoms with Crippen molar-refractivity contribution in [2.75, 3.05) is 10.6 Å². The van der Waals surface area contributed by atoms with Crippen molar-refractivity contribution in [2.24, 2.45) is 0 Å². The summed E-state index contributed by atoms with van der Waals surface area (Å²) in [5.41, 5.74) is 0.855. The third-order valence-corrected chi connectivity index (χ3v) is 6.39. The van der Waals surface area contributed by atoms with Gasteiger partial charge < -0.3 is 0 Å². The van der Waals surface area contributed by atoms with Crippen LogP contribution in [0.1, 0.15) is 10.4 Å². The van der Waals surface area contributed by atoms with Crippen molar-refractivity contribution in [1.29, 1.82) is 5.26 Å². The van der Waals surface area contributed by atoms with Gasteiger partial charge in [0.05, 0.1) is 35.1 Å². The Balaban J connectivity index is 2.07. The molecule has 4 nitrogen and oxygen atoms in total. The first-order valence-electron chi connectivity index (χ1n) is 7.04. The maximum Gasteiger partial charge on any atom is 0.232 e. The Bertz CT molecular complexity index is 1050. The minimum atomic E-state index is -3.52. The molecule has 3 aromatic rings. The lowest BCUT2D eigenvalue weighted by Gasteiger charge is -2.22. The van der Waals surface area contributed by atoms with Crippen molar-refractivity contribution in [3.8, 4) is 6.07 Å². The molecule has 0 saturated carbocycles. The van der Waals surface area contributed by atoms with Crippen molar-refractivity contribution in [2.45, 2.75) is 6.54 Å². The van der Waals surface area contributed by atoms with Crippen LogP contribution in [0.2, 0.25) is 5.02 Å². The summed E-state index contributed by atoms with van der Waals surface area (Å²) in [7, 11) is -3.52. The highest BCUT2D eigenvalue weighted by molar-refractivity contribution is 7.92. The van der Waals surface area contributed by atoms with Crippen LogP contribution in [-0.4, -0.2) is 14.7 Å². The van der Waals surface area contributed by atoms with Crippen LogP contribution in [0.25, 0.3) is 10.1 Å². The second-order valence-corrected chi connectivity index (χ2v) is 8.69. The van der Waals surface area contributed by atoms with E-state index in [9.17, 15) is 8.42 Å². The maximum atomic E-state index is 12.3. The van der Waals surface area contributed by atoms with Gasteiger partial charge in [-0.3, -0.25) is 4.31 Å². The second kappa shape index (κ2) is 6.44. The number of halogens is 1. The maximum absolute atomic E-state index is 12.3. The second-order valence-electron chi connectivity index (χ2n) is 5.27. The normalized spacial score (nSPS) is 11.4. The number of fused-ring (bicyclic) bond motifs is 1. The molecule has 0 unspecified atom stereocenters. The molecule has 0 aliphatic carbocycles. The van der Waals surface area contributed by atoms with E-state index in [1.165, 1.54) is 15.6 Å². The topological polar surface area (TPSA) is 61.2 Å². The Labute approximate surface area is 149 Å². The van der Waals surface area contributed by atoms with Crippen LogP contribution in [0, 0.1) is 11.3 Å². The van der Waals surface area contributed by atoms with Gasteiger partial charge in [-0.05, 0) is 24.3 Å². The Morgan fingerprint density at radius 3 is 2.62 bits per heavy atom. The lowest BCUT2D eigenvalue weighted by Crippen LogP contribution is -2.29. The number of hydrogen-bond acceptors (Lipinski definition) is 4. The van der Waals surface area contributed by atoms with E-state index < -0.39 is 10.0 Å². The number of nitrogens with zero attached hydrogens (tertiary/aromatic N) is 2. The fourth-order valence-electron chi connectivity index (χ4n) is 2.43. The Morgan fingerprint density at radius 2 is 1.96 bits per heavy atom. The Morgan fingerprint density at radius 1 is 1.21 bits per heavy atom. The first kappa shape index (κ1) is 16.8. The van der Waals surface area contributed by atoms with Crippen molar-refractivity contribution < 1.29 is 8.42 Å². The van der Waals surface area contributed by atoms with Gasteiger partial charge in [0.25, 0.3) is 0 Å². The molecule has 0 radical (unpaired) electrons. The molecule has 0 N–H and O–H groups in total. The molecule has 3 rings (SSSR count). The summed E-state index contributed by atoms with van der Waals surface area (Å²) >= 11 is 7.90. The highest BCUT2D eigenvalue weighted by atomic mass is 35.5. The van der Waals surface area contributed by atoms with E-state index in [-0.39, 0.29) is 6.54 Å². The van der Waals surface area contributed by atoms with E-state index in [0.717, 1.165) is 21.2 Å². The van der Waals surface area contributed by atoms with E-state index in [1.54, 1.807) is 24.3 Å². The summed E-state index contributed by atoms with van der Waals surface area (Å²) in [5, 5.41) is 10.5. The highest BCUT2D eigenvalue weighted by Gasteiger charge is 2.21. The van der Waals surface area contributed by atoms with Gasteiger partial charge in [0.15, 0.2) is 0 Å². The van der Waals surface area contributed by atoms with Gasteiger partial charge in [-0.2, -0.15) is 5.26 Å². The van der Waals surface area contributed by atoms with Crippen LogP contribution in [0.4, 0.5) is 5.69 Å². The number of thiophene rings is 1. The van der Waals surface area contributed by atoms with Crippen LogP contribution in [-0.2, 0) is 16.6 Å². The molecular weight excluding hydrogens is 364 g/mol. The molecule has 1 heterocycles. The number of benzene rings is 2. The molecule has 24 heavy (non-hydrogen) atoms. The third kappa shape index (κ3) is 3.24. The summed E-state index contributed by atoms with van der Waals surface area (Å²) in [6, 6.07) is 16.2. The molecule has 0 atom stereocenters. The van der Waals surface area contributed by atoms with E-state index in [4.69, 9.17) is 16.9 Å². The summed E-state index contributed by atoms with van der Waals surface area (Å²) in [5.74, 6) is 0. The van der Waals surface area contributed by atoms with Crippen molar-refractivity contribution >= 4 is 48.7 Å². The molecule has 0 amide bonds. The van der Waals surface area contributed by atoms with Crippen molar-refractivity contribution in [3.05, 3.63) is 64.0 Å². The zero-order valence-corrected chi connectivity index (χ0v) is 15.1. The van der Waals surface area contributed by atoms with Gasteiger partial charge in [0.2, 0.25) is 10.0 Å². The smallest absolute Gasteiger partial charge is 0.232 e. The highest BCUT2D eigenvalue weighted by Crippen LogP contribution is 2.37. The van der Waals surface area contributed by atoms with Crippen molar-refractivity contribution in [1.82, 2.24) is 0 Å². The molecule has 1 aromatic heterocycles. The monoisotopic (exact) mass is 376 g/mol. The summed E-state index contributed by atoms with van der Waals surface area (Å²) in [6.45, 7) is 0.131. The van der Waals surface area contributed by atoms with Gasteiger partial charge in [-0.25, -0.2) is 8.42 Å². The molecular formula is C17H13ClN2O2S2. The largest absolute Gasteiger partial charge is 0.265 e. The van der Waals surface area contributed by atoms with E-state index in [2.05, 4.69) is 0 Å². The Hall–Kier alpha value is -2.07. The predicted molar refractivity (Wildman–Crippen MR) is 99.0 cm³/mol. The van der Waals surface area contributed by atoms with Crippen LogP contribution < -0.4 is 4.31 Å². The molecule has 0 aliphatic rings. The predicted octanol–water partition coefficient (Wildman–Crippen LogP) is 4.39. The van der Waals surface area contributed by atoms with Gasteiger partial charge in [-0.1, -0.05) is 35.9 Å². The zero-order valence-electron chi connectivity index (χ0n) is 12.7. The molecule has 0 bridgehead atoms. The number of nitriles is 1. The first-order chi connectivity index (χ1) is 11.4. The zero-order chi connectivity index (χ0) is 17.3. The lowest BCUT2D eigenvalue weighted by atomic mass is 10.2. The molecule has 122 valence electrons. The minimum absolute atomic E-state index is 0.131. The van der Waals surface area contributed by atoms with Crippen molar-refractivity contribution in [3.63, 3.8) is 0 Å². The summed E-state index contributed by atoms with van der Waals surface area (Å²) in [6.07, 6.45) is 1.15. The number of sulfonamides is 1. The SMILES string of the molecule is CS(=O)(=O)N(Cc1sc2ccccc2c1Cl)c1cccc(C#N)c1. The van der Waals surface area contributed by atoms with E-state index in [1.807, 2.05) is 30.3 Å². The van der Waals surface area contributed by atoms with Crippen LogP contribution in [0.5, 0.6) is 0 Å². The number of hydrogen-bond donors (Lipinski definition) is 0. The average Bonchev–Trinajstić information content (AvgIpc) is 2.88. The molecule has 0 spiro atoms. The fourth-order valence-corrected chi connectivity index (χ4v) is 4.85. The van der Waals surface area contributed by atoms with Gasteiger partial charge in [-0.15, -0.1) is 11.3 Å². The molecule has 0 fully saturated rings. The Kier molecular flexibility index (Phi) is 4.50. The van der Waals surface area contributed by atoms with Gasteiger partial charge in [0, 0.05) is 15.0 Å². The minimum Gasteiger partial charge on any atom is -0.265 e. The van der Waals surface area contributed by atoms with E-state index in [0.29, 0.717) is 16.3 Å². The fraction of sp³-hybridized carbons (Fsp3) is 0.118. The molecule has 7 heteroatoms. The summed E-state index contributed by atoms with van der Waals surface area (Å²) in [4.78, 5) is 0.769. The average molecular weight is 377 g/mol. The van der Waals surface area contributed by atoms with Crippen LogP contribution >= 0.6 is 22.9 Å². The third-order valence-electron chi connectivity index (χ3n) is 3.55. The molecule has 0 saturated heterocycles. The summed E-state index contributed by atoms with van der Waals surface area (Å²) < 4.78 is 26.8. The lowest BCUT2D eigenvalue weighted by molar-refractivity contribution is 0.596. The first-order valence-corrected chi connectivity index (χ1v) is 10.1. The standard InChI is InChI=1S/C17H13ClN2O2S2/c1-24(21,22)20(13-6-4-5-12(9-13)10-19)11-16-17(18)14-7-2-3-8-15(14)23-16/h2-9H,11H2,1H3. The molecule has 0 aliphatic heterocycles. The van der Waals surface area contributed by atoms with Gasteiger partial charge in [0.1, 0.15) is 0 Å². The number of rotatable bonds is 4. The quantitative estimate of drug-likeness (QED) is 0.678. The van der Waals surface area contributed by atoms with Gasteiger partial charge >= 0.3 is 0 Å². The van der Waals surface area contributed by atoms with Crippen LogP contribution in [0.3, 0.4) is 0 Å². The van der Waals surface area contributed by atoms with Crippen LogP contribution in [0.15, 0.2) is 48.5 Å². The number of anilines is 1. The van der Waals surface area contributed by atoms with E-state index >= 15 is 0 Å².